The predicted molar refractivity (Wildman–Crippen MR) is 94.3 cm³/mol. The van der Waals surface area contributed by atoms with Crippen LogP contribution in [0.4, 0.5) is 10.1 Å². The molecule has 0 saturated carbocycles. The molecule has 0 atom stereocenters. The van der Waals surface area contributed by atoms with Gasteiger partial charge in [0, 0.05) is 6.20 Å². The summed E-state index contributed by atoms with van der Waals surface area (Å²) in [6, 6.07) is 15.7. The van der Waals surface area contributed by atoms with E-state index >= 15 is 0 Å². The molecule has 0 saturated heterocycles. The fourth-order valence-corrected chi connectivity index (χ4v) is 2.69. The second-order valence-electron chi connectivity index (χ2n) is 5.30. The van der Waals surface area contributed by atoms with Gasteiger partial charge < -0.3 is 5.11 Å². The first-order chi connectivity index (χ1) is 12.1. The molecule has 0 aliphatic rings. The van der Waals surface area contributed by atoms with Crippen LogP contribution in [0.25, 0.3) is 0 Å². The summed E-state index contributed by atoms with van der Waals surface area (Å²) in [6.45, 7) is 0.0575. The maximum atomic E-state index is 14.2. The summed E-state index contributed by atoms with van der Waals surface area (Å²) in [5.74, 6) is -1.48. The minimum Gasteiger partial charge on any atom is -0.506 e. The molecule has 4 nitrogen and oxygen atoms in total. The van der Waals surface area contributed by atoms with E-state index in [1.165, 1.54) is 29.2 Å². The fraction of sp³-hybridized carbons (Fsp3) is 0.0526. The van der Waals surface area contributed by atoms with Crippen molar-refractivity contribution >= 4 is 23.2 Å². The molecule has 0 fully saturated rings. The summed E-state index contributed by atoms with van der Waals surface area (Å²) in [5, 5.41) is 10.2. The molecule has 1 aromatic heterocycles. The highest BCUT2D eigenvalue weighted by Crippen LogP contribution is 2.31. The lowest BCUT2D eigenvalue weighted by Crippen LogP contribution is -2.31. The molecule has 126 valence electrons. The summed E-state index contributed by atoms with van der Waals surface area (Å²) < 4.78 is 14.2. The lowest BCUT2D eigenvalue weighted by atomic mass is 10.1. The third-order valence-corrected chi connectivity index (χ3v) is 3.96. The van der Waals surface area contributed by atoms with E-state index in [1.54, 1.807) is 42.6 Å². The number of phenols is 1. The van der Waals surface area contributed by atoms with Crippen molar-refractivity contribution in [3.8, 4) is 5.75 Å². The molecule has 2 aromatic carbocycles. The van der Waals surface area contributed by atoms with E-state index in [-0.39, 0.29) is 28.6 Å². The van der Waals surface area contributed by atoms with Crippen LogP contribution in [-0.2, 0) is 6.54 Å². The number of hydrogen-bond acceptors (Lipinski definition) is 3. The van der Waals surface area contributed by atoms with Crippen LogP contribution in [0.5, 0.6) is 5.75 Å². The highest BCUT2D eigenvalue weighted by Gasteiger charge is 2.25. The molecule has 1 N–H and O–H groups in total. The number of aromatic hydroxyl groups is 1. The average Bonchev–Trinajstić information content (AvgIpc) is 2.61. The normalized spacial score (nSPS) is 10.5. The van der Waals surface area contributed by atoms with Gasteiger partial charge in [-0.1, -0.05) is 35.9 Å². The number of benzene rings is 2. The number of nitrogens with zero attached hydrogens (tertiary/aromatic N) is 2. The van der Waals surface area contributed by atoms with Crippen LogP contribution in [0.15, 0.2) is 66.9 Å². The van der Waals surface area contributed by atoms with Gasteiger partial charge in [0.05, 0.1) is 28.5 Å². The molecule has 0 unspecified atom stereocenters. The number of phenolic OH excluding ortho intramolecular Hbond substituents is 1. The Kier molecular flexibility index (Phi) is 4.95. The van der Waals surface area contributed by atoms with Gasteiger partial charge in [0.2, 0.25) is 0 Å². The van der Waals surface area contributed by atoms with E-state index in [4.69, 9.17) is 11.6 Å². The Hall–Kier alpha value is -2.92. The molecular weight excluding hydrogens is 343 g/mol. The Bertz CT molecular complexity index is 883. The zero-order valence-electron chi connectivity index (χ0n) is 13.1. The molecular formula is C19H14ClFN2O2. The van der Waals surface area contributed by atoms with Gasteiger partial charge in [-0.25, -0.2) is 4.39 Å². The van der Waals surface area contributed by atoms with Gasteiger partial charge >= 0.3 is 0 Å². The second kappa shape index (κ2) is 7.32. The molecule has 0 radical (unpaired) electrons. The van der Waals surface area contributed by atoms with Crippen LogP contribution in [-0.4, -0.2) is 16.0 Å². The molecule has 3 rings (SSSR count). The number of anilines is 1. The van der Waals surface area contributed by atoms with Crippen LogP contribution in [0.2, 0.25) is 5.02 Å². The number of carbonyl (C=O) groups is 1. The maximum Gasteiger partial charge on any atom is 0.263 e. The van der Waals surface area contributed by atoms with Crippen molar-refractivity contribution in [1.29, 1.82) is 0 Å². The first-order valence-electron chi connectivity index (χ1n) is 7.51. The summed E-state index contributed by atoms with van der Waals surface area (Å²) in [4.78, 5) is 18.5. The van der Waals surface area contributed by atoms with E-state index in [1.807, 2.05) is 0 Å². The molecule has 3 aromatic rings. The second-order valence-corrected chi connectivity index (χ2v) is 5.70. The number of hydrogen-bond donors (Lipinski definition) is 1. The van der Waals surface area contributed by atoms with Crippen LogP contribution >= 0.6 is 11.6 Å². The first kappa shape index (κ1) is 16.9. The lowest BCUT2D eigenvalue weighted by molar-refractivity contribution is 0.0980. The molecule has 0 aliphatic carbocycles. The van der Waals surface area contributed by atoms with Crippen LogP contribution in [0, 0.1) is 5.82 Å². The van der Waals surface area contributed by atoms with Crippen molar-refractivity contribution in [2.75, 3.05) is 4.90 Å². The van der Waals surface area contributed by atoms with Gasteiger partial charge in [-0.15, -0.1) is 0 Å². The largest absolute Gasteiger partial charge is 0.506 e. The smallest absolute Gasteiger partial charge is 0.263 e. The standard InChI is InChI=1S/C19H14ClFN2O2/c20-14-7-5-8-15(21)18(14)19(25)23(12-13-6-3-4-11-22-13)16-9-1-2-10-17(16)24/h1-11,24H,12H2. The Morgan fingerprint density at radius 1 is 1.08 bits per heavy atom. The maximum absolute atomic E-state index is 14.2. The van der Waals surface area contributed by atoms with E-state index in [0.717, 1.165) is 0 Å². The SMILES string of the molecule is O=C(c1c(F)cccc1Cl)N(Cc1ccccn1)c1ccccc1O. The van der Waals surface area contributed by atoms with Gasteiger partial charge in [0.1, 0.15) is 11.6 Å². The minimum absolute atomic E-state index is 0.00596. The Labute approximate surface area is 149 Å². The van der Waals surface area contributed by atoms with Gasteiger partial charge in [0.15, 0.2) is 0 Å². The summed E-state index contributed by atoms with van der Waals surface area (Å²) in [5.41, 5.74) is 0.590. The number of amides is 1. The van der Waals surface area contributed by atoms with Gasteiger partial charge in [-0.3, -0.25) is 14.7 Å². The summed E-state index contributed by atoms with van der Waals surface area (Å²) in [6.07, 6.45) is 1.60. The Morgan fingerprint density at radius 2 is 1.84 bits per heavy atom. The molecule has 1 amide bonds. The number of aromatic nitrogens is 1. The molecule has 0 aliphatic heterocycles. The summed E-state index contributed by atoms with van der Waals surface area (Å²) >= 11 is 6.03. The van der Waals surface area contributed by atoms with Crippen molar-refractivity contribution < 1.29 is 14.3 Å². The summed E-state index contributed by atoms with van der Waals surface area (Å²) in [7, 11) is 0. The number of carbonyl (C=O) groups excluding carboxylic acids is 1. The Balaban J connectivity index is 2.08. The van der Waals surface area contributed by atoms with Crippen molar-refractivity contribution in [1.82, 2.24) is 4.98 Å². The number of halogens is 2. The van der Waals surface area contributed by atoms with Gasteiger partial charge in [-0.2, -0.15) is 0 Å². The van der Waals surface area contributed by atoms with Gasteiger partial charge in [-0.05, 0) is 36.4 Å². The van der Waals surface area contributed by atoms with Crippen molar-refractivity contribution in [3.63, 3.8) is 0 Å². The third-order valence-electron chi connectivity index (χ3n) is 3.64. The number of pyridine rings is 1. The topological polar surface area (TPSA) is 53.4 Å². The lowest BCUT2D eigenvalue weighted by Gasteiger charge is -2.24. The van der Waals surface area contributed by atoms with Crippen LogP contribution < -0.4 is 4.90 Å². The minimum atomic E-state index is -0.723. The molecule has 0 bridgehead atoms. The molecule has 25 heavy (non-hydrogen) atoms. The van der Waals surface area contributed by atoms with Crippen molar-refractivity contribution in [3.05, 3.63) is 89.0 Å². The van der Waals surface area contributed by atoms with E-state index in [0.29, 0.717) is 5.69 Å². The van der Waals surface area contributed by atoms with Crippen molar-refractivity contribution in [2.24, 2.45) is 0 Å². The zero-order valence-corrected chi connectivity index (χ0v) is 13.8. The monoisotopic (exact) mass is 356 g/mol. The highest BCUT2D eigenvalue weighted by molar-refractivity contribution is 6.34. The number of para-hydroxylation sites is 2. The predicted octanol–water partition coefficient (Wildman–Crippen LogP) is 4.43. The van der Waals surface area contributed by atoms with Crippen LogP contribution in [0.3, 0.4) is 0 Å². The molecule has 1 heterocycles. The van der Waals surface area contributed by atoms with Gasteiger partial charge in [0.25, 0.3) is 5.91 Å². The molecule has 6 heteroatoms. The first-order valence-corrected chi connectivity index (χ1v) is 7.89. The van der Waals surface area contributed by atoms with E-state index < -0.39 is 11.7 Å². The fourth-order valence-electron chi connectivity index (χ4n) is 2.45. The average molecular weight is 357 g/mol. The zero-order chi connectivity index (χ0) is 17.8. The third kappa shape index (κ3) is 3.61. The van der Waals surface area contributed by atoms with Crippen molar-refractivity contribution in [2.45, 2.75) is 6.54 Å². The van der Waals surface area contributed by atoms with Crippen LogP contribution in [0.1, 0.15) is 16.1 Å². The van der Waals surface area contributed by atoms with E-state index in [9.17, 15) is 14.3 Å². The quantitative estimate of drug-likeness (QED) is 0.752. The van der Waals surface area contributed by atoms with E-state index in [2.05, 4.69) is 4.98 Å². The Morgan fingerprint density at radius 3 is 2.52 bits per heavy atom. The molecule has 0 spiro atoms. The number of rotatable bonds is 4. The highest BCUT2D eigenvalue weighted by atomic mass is 35.5.